The Morgan fingerprint density at radius 3 is 1.09 bits per heavy atom. The van der Waals surface area contributed by atoms with Crippen LogP contribution in [0.25, 0.3) is 0 Å². The van der Waals surface area contributed by atoms with Crippen molar-refractivity contribution in [3.63, 3.8) is 0 Å². The summed E-state index contributed by atoms with van der Waals surface area (Å²) in [5, 5.41) is 0. The Morgan fingerprint density at radius 1 is 0.818 bits per heavy atom. The van der Waals surface area contributed by atoms with Crippen LogP contribution in [0.1, 0.15) is 11.1 Å². The molecule has 0 spiro atoms. The van der Waals surface area contributed by atoms with Crippen molar-refractivity contribution in [1.29, 1.82) is 0 Å². The summed E-state index contributed by atoms with van der Waals surface area (Å²) in [6, 6.07) is 7.89. The van der Waals surface area contributed by atoms with Crippen LogP contribution in [0.4, 0.5) is 0 Å². The Balaban J connectivity index is 0. The first kappa shape index (κ1) is 24.2. The molecule has 0 radical (unpaired) electrons. The van der Waals surface area contributed by atoms with Crippen molar-refractivity contribution in [3.05, 3.63) is 60.2 Å². The number of rotatable bonds is 0. The molecule has 3 nitrogen and oxygen atoms in total. The van der Waals surface area contributed by atoms with Crippen molar-refractivity contribution in [2.75, 3.05) is 12.5 Å². The van der Waals surface area contributed by atoms with Crippen LogP contribution < -0.4 is 0 Å². The SMILES string of the molecule is CS(C)=[OH+].Cc1ccncc1.Cc1ccncc1.[Cl][Rh]([Cl])[Cl]. The van der Waals surface area contributed by atoms with E-state index in [2.05, 4.69) is 9.97 Å². The van der Waals surface area contributed by atoms with E-state index in [1.54, 1.807) is 37.3 Å². The Bertz CT molecular complexity index is 446. The van der Waals surface area contributed by atoms with Gasteiger partial charge in [0.1, 0.15) is 0 Å². The van der Waals surface area contributed by atoms with E-state index in [0.29, 0.717) is 0 Å². The van der Waals surface area contributed by atoms with Gasteiger partial charge < -0.3 is 0 Å². The first-order chi connectivity index (χ1) is 10.3. The summed E-state index contributed by atoms with van der Waals surface area (Å²) in [5.74, 6) is 0. The van der Waals surface area contributed by atoms with E-state index in [0.717, 1.165) is 0 Å². The van der Waals surface area contributed by atoms with Gasteiger partial charge in [-0.15, -0.1) is 0 Å². The van der Waals surface area contributed by atoms with Gasteiger partial charge in [0.2, 0.25) is 0 Å². The van der Waals surface area contributed by atoms with Crippen molar-refractivity contribution in [1.82, 2.24) is 9.97 Å². The Hall–Kier alpha value is -0.0566. The molecular formula is C14H21Cl3N2ORhS+. The molecule has 2 heterocycles. The van der Waals surface area contributed by atoms with Crippen molar-refractivity contribution >= 4 is 39.9 Å². The second-order valence-corrected chi connectivity index (χ2v) is 13.0. The molecule has 22 heavy (non-hydrogen) atoms. The van der Waals surface area contributed by atoms with E-state index in [-0.39, 0.29) is 10.8 Å². The van der Waals surface area contributed by atoms with Crippen LogP contribution in [-0.4, -0.2) is 26.7 Å². The van der Waals surface area contributed by atoms with E-state index in [1.165, 1.54) is 11.1 Å². The maximum absolute atomic E-state index is 8.08. The molecule has 0 saturated carbocycles. The van der Waals surface area contributed by atoms with Gasteiger partial charge in [-0.2, -0.15) is 0 Å². The number of nitrogens with zero attached hydrogens (tertiary/aromatic N) is 2. The molecule has 0 unspecified atom stereocenters. The van der Waals surface area contributed by atoms with Crippen molar-refractivity contribution in [2.45, 2.75) is 13.8 Å². The fourth-order valence-electron chi connectivity index (χ4n) is 0.853. The Morgan fingerprint density at radius 2 is 1.00 bits per heavy atom. The topological polar surface area (TPSA) is 47.2 Å². The van der Waals surface area contributed by atoms with Gasteiger partial charge in [0.05, 0.1) is 12.5 Å². The zero-order valence-electron chi connectivity index (χ0n) is 12.8. The van der Waals surface area contributed by atoms with Crippen LogP contribution in [-0.2, 0) is 23.8 Å². The Kier molecular flexibility index (Phi) is 19.0. The molecule has 2 aromatic rings. The van der Waals surface area contributed by atoms with Crippen LogP contribution in [0.3, 0.4) is 0 Å². The molecule has 0 saturated heterocycles. The molecule has 8 heteroatoms. The third-order valence-electron chi connectivity index (χ3n) is 1.69. The number of hydrogen-bond donors (Lipinski definition) is 0. The normalized spacial score (nSPS) is 9.18. The number of aromatic nitrogens is 2. The standard InChI is InChI=1S/2C6H7N.C2H6OS.3ClH.Rh/c2*1-6-2-4-7-5-3-6;1-4(2)3;;;;/h2*2-5H,1H3;1-2H3;3*1H;/q;;;;;;+3/p-2. The van der Waals surface area contributed by atoms with E-state index in [4.69, 9.17) is 33.3 Å². The van der Waals surface area contributed by atoms with Gasteiger partial charge in [0, 0.05) is 24.8 Å². The number of hydrogen-bond acceptors (Lipinski definition) is 2. The van der Waals surface area contributed by atoms with Crippen molar-refractivity contribution in [3.8, 4) is 0 Å². The monoisotopic (exact) mass is 473 g/mol. The summed E-state index contributed by atoms with van der Waals surface area (Å²) in [7, 11) is 14.4. The van der Waals surface area contributed by atoms with Crippen LogP contribution in [0.2, 0.25) is 0 Å². The van der Waals surface area contributed by atoms with E-state index in [1.807, 2.05) is 38.1 Å². The van der Waals surface area contributed by atoms with E-state index in [9.17, 15) is 0 Å². The molecule has 1 N–H and O–H groups in total. The van der Waals surface area contributed by atoms with Crippen molar-refractivity contribution in [2.24, 2.45) is 0 Å². The van der Waals surface area contributed by atoms with Gasteiger partial charge in [-0.3, -0.25) is 14.2 Å². The second kappa shape index (κ2) is 17.3. The fraction of sp³-hybridized carbons (Fsp3) is 0.286. The molecule has 0 atom stereocenters. The van der Waals surface area contributed by atoms with Gasteiger partial charge in [-0.25, -0.2) is 0 Å². The van der Waals surface area contributed by atoms with Crippen LogP contribution >= 0.6 is 29.1 Å². The first-order valence-corrected chi connectivity index (χ1v) is 14.2. The Labute approximate surface area is 152 Å². The summed E-state index contributed by atoms with van der Waals surface area (Å²) < 4.78 is 8.08. The minimum atomic E-state index is -1.66. The number of pyridine rings is 2. The molecule has 0 bridgehead atoms. The maximum atomic E-state index is 8.08. The number of aryl methyl sites for hydroxylation is 2. The predicted molar refractivity (Wildman–Crippen MR) is 96.7 cm³/mol. The minimum absolute atomic E-state index is 0.361. The molecule has 0 aliphatic heterocycles. The zero-order chi connectivity index (χ0) is 17.4. The number of halogens is 3. The van der Waals surface area contributed by atoms with Crippen LogP contribution in [0.5, 0.6) is 0 Å². The molecule has 0 aromatic carbocycles. The van der Waals surface area contributed by atoms with Crippen LogP contribution in [0.15, 0.2) is 49.1 Å². The quantitative estimate of drug-likeness (QED) is 0.399. The predicted octanol–water partition coefficient (Wildman–Crippen LogP) is 5.00. The molecular weight excluding hydrogens is 453 g/mol. The molecule has 2 aromatic heterocycles. The fourth-order valence-corrected chi connectivity index (χ4v) is 0.853. The van der Waals surface area contributed by atoms with Gasteiger partial charge in [-0.1, -0.05) is 0 Å². The van der Waals surface area contributed by atoms with Gasteiger partial charge in [-0.05, 0) is 49.2 Å². The molecule has 2 rings (SSSR count). The van der Waals surface area contributed by atoms with E-state index >= 15 is 0 Å². The summed E-state index contributed by atoms with van der Waals surface area (Å²) in [5.41, 5.74) is 2.52. The van der Waals surface area contributed by atoms with E-state index < -0.39 is 13.0 Å². The van der Waals surface area contributed by atoms with Gasteiger partial charge in [0.15, 0.2) is 10.8 Å². The summed E-state index contributed by atoms with van der Waals surface area (Å²) in [4.78, 5) is 7.69. The second-order valence-electron chi connectivity index (χ2n) is 3.97. The van der Waals surface area contributed by atoms with Gasteiger partial charge in [0.25, 0.3) is 0 Å². The molecule has 0 amide bonds. The molecule has 128 valence electrons. The third kappa shape index (κ3) is 28.2. The summed E-state index contributed by atoms with van der Waals surface area (Å²) in [6.45, 7) is 4.09. The summed E-state index contributed by atoms with van der Waals surface area (Å²) >= 11 is -1.66. The third-order valence-corrected chi connectivity index (χ3v) is 1.69. The van der Waals surface area contributed by atoms with Crippen molar-refractivity contribution < 1.29 is 17.2 Å². The summed E-state index contributed by atoms with van der Waals surface area (Å²) in [6.07, 6.45) is 10.6. The molecule has 0 aliphatic rings. The molecule has 0 fully saturated rings. The zero-order valence-corrected chi connectivity index (χ0v) is 17.6. The average molecular weight is 475 g/mol. The first-order valence-electron chi connectivity index (χ1n) is 5.90. The van der Waals surface area contributed by atoms with Gasteiger partial charge >= 0.3 is 42.1 Å². The average Bonchev–Trinajstić information content (AvgIpc) is 2.40. The molecule has 0 aliphatic carbocycles. The van der Waals surface area contributed by atoms with Crippen LogP contribution in [0, 0.1) is 13.8 Å².